The Morgan fingerprint density at radius 1 is 1.28 bits per heavy atom. The molecule has 2 rings (SSSR count). The lowest BCUT2D eigenvalue weighted by molar-refractivity contribution is 0.408. The molecular weight excluding hydrogens is 310 g/mol. The number of methoxy groups -OCH3 is 1. The molecule has 0 fully saturated rings. The number of hydrogen-bond donors (Lipinski definition) is 1. The van der Waals surface area contributed by atoms with Crippen molar-refractivity contribution >= 4 is 27.3 Å². The van der Waals surface area contributed by atoms with E-state index in [-0.39, 0.29) is 6.04 Å². The predicted molar refractivity (Wildman–Crippen MR) is 80.5 cm³/mol. The Morgan fingerprint density at radius 2 is 2.00 bits per heavy atom. The number of thiophene rings is 1. The second-order valence-corrected chi connectivity index (χ2v) is 6.42. The number of aryl methyl sites for hydroxylation is 2. The average Bonchev–Trinajstić information content (AvgIpc) is 2.68. The first-order valence-corrected chi connectivity index (χ1v) is 7.30. The summed E-state index contributed by atoms with van der Waals surface area (Å²) < 4.78 is 6.51. The highest BCUT2D eigenvalue weighted by atomic mass is 79.9. The first kappa shape index (κ1) is 13.6. The minimum atomic E-state index is -0.144. The number of rotatable bonds is 3. The van der Waals surface area contributed by atoms with Crippen molar-refractivity contribution in [3.63, 3.8) is 0 Å². The van der Waals surface area contributed by atoms with Crippen molar-refractivity contribution in [1.82, 2.24) is 0 Å². The number of nitrogens with two attached hydrogens (primary N) is 1. The van der Waals surface area contributed by atoms with Gasteiger partial charge in [0.05, 0.1) is 13.2 Å². The highest BCUT2D eigenvalue weighted by molar-refractivity contribution is 9.10. The minimum Gasteiger partial charge on any atom is -0.496 e. The van der Waals surface area contributed by atoms with E-state index in [1.54, 1.807) is 18.4 Å². The lowest BCUT2D eigenvalue weighted by Gasteiger charge is -2.15. The van der Waals surface area contributed by atoms with E-state index in [0.717, 1.165) is 20.7 Å². The summed E-state index contributed by atoms with van der Waals surface area (Å²) in [6, 6.07) is 8.04. The van der Waals surface area contributed by atoms with Gasteiger partial charge >= 0.3 is 0 Å². The van der Waals surface area contributed by atoms with Gasteiger partial charge in [0.2, 0.25) is 0 Å². The number of benzene rings is 1. The van der Waals surface area contributed by atoms with E-state index in [9.17, 15) is 0 Å². The summed E-state index contributed by atoms with van der Waals surface area (Å²) in [4.78, 5) is 2.38. The zero-order valence-corrected chi connectivity index (χ0v) is 13.1. The molecule has 1 aromatic carbocycles. The summed E-state index contributed by atoms with van der Waals surface area (Å²) in [5.41, 5.74) is 8.58. The summed E-state index contributed by atoms with van der Waals surface area (Å²) >= 11 is 5.25. The van der Waals surface area contributed by atoms with E-state index in [1.807, 2.05) is 12.1 Å². The van der Waals surface area contributed by atoms with Gasteiger partial charge in [-0.25, -0.2) is 0 Å². The molecule has 0 spiro atoms. The van der Waals surface area contributed by atoms with E-state index < -0.39 is 0 Å². The van der Waals surface area contributed by atoms with Gasteiger partial charge in [-0.3, -0.25) is 0 Å². The van der Waals surface area contributed by atoms with E-state index in [4.69, 9.17) is 10.5 Å². The van der Waals surface area contributed by atoms with Gasteiger partial charge in [0.15, 0.2) is 0 Å². The fraction of sp³-hybridized carbons (Fsp3) is 0.286. The molecule has 18 heavy (non-hydrogen) atoms. The summed E-state index contributed by atoms with van der Waals surface area (Å²) in [6.07, 6.45) is 0. The maximum Gasteiger partial charge on any atom is 0.124 e. The molecule has 4 heteroatoms. The molecule has 2 aromatic rings. The minimum absolute atomic E-state index is 0.144. The lowest BCUT2D eigenvalue weighted by atomic mass is 10.0. The lowest BCUT2D eigenvalue weighted by Crippen LogP contribution is -2.11. The molecule has 0 aliphatic carbocycles. The molecule has 1 unspecified atom stereocenters. The largest absolute Gasteiger partial charge is 0.496 e. The van der Waals surface area contributed by atoms with Crippen LogP contribution in [0.25, 0.3) is 0 Å². The van der Waals surface area contributed by atoms with Crippen LogP contribution in [0.3, 0.4) is 0 Å². The first-order chi connectivity index (χ1) is 8.52. The fourth-order valence-electron chi connectivity index (χ4n) is 1.88. The van der Waals surface area contributed by atoms with Crippen LogP contribution in [0.5, 0.6) is 5.75 Å². The monoisotopic (exact) mass is 325 g/mol. The molecule has 0 radical (unpaired) electrons. The summed E-state index contributed by atoms with van der Waals surface area (Å²) in [5.74, 6) is 0.843. The van der Waals surface area contributed by atoms with Gasteiger partial charge in [-0.05, 0) is 41.9 Å². The Kier molecular flexibility index (Phi) is 4.10. The molecule has 0 amide bonds. The summed E-state index contributed by atoms with van der Waals surface area (Å²) in [5, 5.41) is 0. The Balaban J connectivity index is 2.44. The third-order valence-corrected chi connectivity index (χ3v) is 5.12. The van der Waals surface area contributed by atoms with Gasteiger partial charge < -0.3 is 10.5 Å². The molecule has 0 aliphatic heterocycles. The van der Waals surface area contributed by atoms with Crippen molar-refractivity contribution in [2.45, 2.75) is 19.9 Å². The standard InChI is InChI=1S/C14H16BrNOS/c1-8-4-5-12(17-3)10(6-8)14(16)13-7-11(15)9(2)18-13/h4-7,14H,16H2,1-3H3. The molecule has 2 N–H and O–H groups in total. The van der Waals surface area contributed by atoms with Crippen LogP contribution in [0.1, 0.15) is 26.9 Å². The molecule has 1 heterocycles. The third-order valence-electron chi connectivity index (χ3n) is 2.90. The van der Waals surface area contributed by atoms with Crippen LogP contribution in [-0.2, 0) is 0 Å². The Hall–Kier alpha value is -0.840. The van der Waals surface area contributed by atoms with Crippen LogP contribution < -0.4 is 10.5 Å². The van der Waals surface area contributed by atoms with E-state index >= 15 is 0 Å². The van der Waals surface area contributed by atoms with Crippen LogP contribution in [-0.4, -0.2) is 7.11 Å². The highest BCUT2D eigenvalue weighted by Gasteiger charge is 2.17. The maximum atomic E-state index is 6.35. The van der Waals surface area contributed by atoms with Crippen molar-refractivity contribution in [1.29, 1.82) is 0 Å². The van der Waals surface area contributed by atoms with Crippen molar-refractivity contribution in [2.75, 3.05) is 7.11 Å². The molecule has 96 valence electrons. The quantitative estimate of drug-likeness (QED) is 0.918. The zero-order chi connectivity index (χ0) is 13.3. The molecule has 0 aliphatic rings. The van der Waals surface area contributed by atoms with Gasteiger partial charge in [-0.15, -0.1) is 11.3 Å². The molecular formula is C14H16BrNOS. The maximum absolute atomic E-state index is 6.35. The number of halogens is 1. The number of ether oxygens (including phenoxy) is 1. The van der Waals surface area contributed by atoms with Crippen molar-refractivity contribution < 1.29 is 4.74 Å². The first-order valence-electron chi connectivity index (χ1n) is 5.69. The SMILES string of the molecule is COc1ccc(C)cc1C(N)c1cc(Br)c(C)s1. The fourth-order valence-corrected chi connectivity index (χ4v) is 3.47. The molecule has 0 bridgehead atoms. The molecule has 0 saturated heterocycles. The summed E-state index contributed by atoms with van der Waals surface area (Å²) in [7, 11) is 1.68. The van der Waals surface area contributed by atoms with Crippen LogP contribution in [0.4, 0.5) is 0 Å². The van der Waals surface area contributed by atoms with E-state index in [0.29, 0.717) is 0 Å². The normalized spacial score (nSPS) is 12.5. The molecule has 0 saturated carbocycles. The van der Waals surface area contributed by atoms with Gasteiger partial charge in [-0.2, -0.15) is 0 Å². The van der Waals surface area contributed by atoms with Gasteiger partial charge in [-0.1, -0.05) is 17.7 Å². The van der Waals surface area contributed by atoms with Crippen LogP contribution in [0.15, 0.2) is 28.7 Å². The van der Waals surface area contributed by atoms with E-state index in [1.165, 1.54) is 10.4 Å². The smallest absolute Gasteiger partial charge is 0.124 e. The highest BCUT2D eigenvalue weighted by Crippen LogP contribution is 2.35. The Labute approximate surface area is 120 Å². The third kappa shape index (κ3) is 2.60. The van der Waals surface area contributed by atoms with Crippen LogP contribution >= 0.6 is 27.3 Å². The topological polar surface area (TPSA) is 35.2 Å². The Bertz CT molecular complexity index is 545. The van der Waals surface area contributed by atoms with Crippen molar-refractivity contribution in [2.24, 2.45) is 5.73 Å². The summed E-state index contributed by atoms with van der Waals surface area (Å²) in [6.45, 7) is 4.14. The second kappa shape index (κ2) is 5.43. The van der Waals surface area contributed by atoms with Crippen molar-refractivity contribution in [3.8, 4) is 5.75 Å². The Morgan fingerprint density at radius 3 is 2.56 bits per heavy atom. The van der Waals surface area contributed by atoms with Gasteiger partial charge in [0, 0.05) is 19.8 Å². The molecule has 1 atom stereocenters. The average molecular weight is 326 g/mol. The number of hydrogen-bond acceptors (Lipinski definition) is 3. The predicted octanol–water partition coefficient (Wildman–Crippen LogP) is 4.18. The second-order valence-electron chi connectivity index (χ2n) is 4.28. The van der Waals surface area contributed by atoms with Crippen molar-refractivity contribution in [3.05, 3.63) is 49.6 Å². The molecule has 1 aromatic heterocycles. The van der Waals surface area contributed by atoms with Gasteiger partial charge in [0.1, 0.15) is 5.75 Å². The van der Waals surface area contributed by atoms with Crippen LogP contribution in [0, 0.1) is 13.8 Å². The van der Waals surface area contributed by atoms with Gasteiger partial charge in [0.25, 0.3) is 0 Å². The molecule has 2 nitrogen and oxygen atoms in total. The van der Waals surface area contributed by atoms with Crippen LogP contribution in [0.2, 0.25) is 0 Å². The zero-order valence-electron chi connectivity index (χ0n) is 10.7. The van der Waals surface area contributed by atoms with E-state index in [2.05, 4.69) is 41.9 Å².